The van der Waals surface area contributed by atoms with E-state index >= 15 is 0 Å². The maximum atomic E-state index is 11.4. The molecule has 0 spiro atoms. The molecule has 2 atom stereocenters. The predicted molar refractivity (Wildman–Crippen MR) is 66.5 cm³/mol. The van der Waals surface area contributed by atoms with E-state index in [4.69, 9.17) is 21.7 Å². The third-order valence-corrected chi connectivity index (χ3v) is 3.74. The van der Waals surface area contributed by atoms with E-state index < -0.39 is 6.10 Å². The fourth-order valence-electron chi connectivity index (χ4n) is 1.52. The highest BCUT2D eigenvalue weighted by Gasteiger charge is 2.35. The van der Waals surface area contributed by atoms with E-state index in [1.807, 2.05) is 6.92 Å². The van der Waals surface area contributed by atoms with Gasteiger partial charge in [0.25, 0.3) is 0 Å². The summed E-state index contributed by atoms with van der Waals surface area (Å²) in [5.74, 6) is 0.597. The lowest BCUT2D eigenvalue weighted by atomic mass is 10.0. The molecule has 1 rings (SSSR count). The van der Waals surface area contributed by atoms with E-state index in [2.05, 4.69) is 4.74 Å². The van der Waals surface area contributed by atoms with Crippen molar-refractivity contribution in [3.63, 3.8) is 0 Å². The van der Waals surface area contributed by atoms with Crippen LogP contribution in [0.15, 0.2) is 0 Å². The SMILES string of the molecule is CCOC(=S)SC[C@H]1CCO[C@H]1C(=O)OC. The smallest absolute Gasteiger partial charge is 0.335 e. The van der Waals surface area contributed by atoms with Crippen molar-refractivity contribution < 1.29 is 19.0 Å². The Kier molecular flexibility index (Phi) is 6.08. The zero-order chi connectivity index (χ0) is 12.0. The fourth-order valence-corrected chi connectivity index (χ4v) is 2.73. The van der Waals surface area contributed by atoms with Crippen LogP contribution in [0.5, 0.6) is 0 Å². The number of methoxy groups -OCH3 is 1. The highest BCUT2D eigenvalue weighted by atomic mass is 32.2. The third kappa shape index (κ3) is 3.92. The van der Waals surface area contributed by atoms with Crippen molar-refractivity contribution in [1.82, 2.24) is 0 Å². The fraction of sp³-hybridized carbons (Fsp3) is 0.800. The molecule has 16 heavy (non-hydrogen) atoms. The van der Waals surface area contributed by atoms with Crippen LogP contribution in [0.25, 0.3) is 0 Å². The zero-order valence-electron chi connectivity index (χ0n) is 9.43. The van der Waals surface area contributed by atoms with Crippen LogP contribution in [0.2, 0.25) is 0 Å². The third-order valence-electron chi connectivity index (χ3n) is 2.33. The van der Waals surface area contributed by atoms with Gasteiger partial charge in [0.1, 0.15) is 0 Å². The number of hydrogen-bond acceptors (Lipinski definition) is 6. The minimum atomic E-state index is -0.443. The van der Waals surface area contributed by atoms with Crippen LogP contribution in [0, 0.1) is 5.92 Å². The molecule has 0 amide bonds. The van der Waals surface area contributed by atoms with Gasteiger partial charge >= 0.3 is 5.97 Å². The van der Waals surface area contributed by atoms with E-state index in [1.54, 1.807) is 0 Å². The molecule has 1 aliphatic heterocycles. The number of ether oxygens (including phenoxy) is 3. The average molecular weight is 264 g/mol. The minimum absolute atomic E-state index is 0.163. The Balaban J connectivity index is 2.35. The Labute approximate surface area is 105 Å². The van der Waals surface area contributed by atoms with Crippen LogP contribution in [0.1, 0.15) is 13.3 Å². The maximum Gasteiger partial charge on any atom is 0.335 e. The largest absolute Gasteiger partial charge is 0.479 e. The summed E-state index contributed by atoms with van der Waals surface area (Å²) in [6, 6.07) is 0. The van der Waals surface area contributed by atoms with Gasteiger partial charge < -0.3 is 14.2 Å². The van der Waals surface area contributed by atoms with Gasteiger partial charge in [-0.15, -0.1) is 0 Å². The average Bonchev–Trinajstić information content (AvgIpc) is 2.74. The number of rotatable bonds is 4. The number of thioether (sulfide) groups is 1. The molecular weight excluding hydrogens is 248 g/mol. The Hall–Kier alpha value is -0.330. The van der Waals surface area contributed by atoms with Crippen molar-refractivity contribution in [2.45, 2.75) is 19.4 Å². The van der Waals surface area contributed by atoms with Crippen molar-refractivity contribution in [3.8, 4) is 0 Å². The van der Waals surface area contributed by atoms with E-state index in [-0.39, 0.29) is 11.9 Å². The Morgan fingerprint density at radius 2 is 2.38 bits per heavy atom. The van der Waals surface area contributed by atoms with E-state index in [9.17, 15) is 4.79 Å². The highest BCUT2D eigenvalue weighted by Crippen LogP contribution is 2.26. The van der Waals surface area contributed by atoms with Crippen LogP contribution >= 0.6 is 24.0 Å². The summed E-state index contributed by atoms with van der Waals surface area (Å²) in [7, 11) is 1.37. The standard InChI is InChI=1S/C10H16O4S2/c1-3-13-10(15)16-6-7-4-5-14-8(7)9(11)12-2/h7-8H,3-6H2,1-2H3/t7-,8-/m1/s1. The van der Waals surface area contributed by atoms with Gasteiger partial charge in [0.2, 0.25) is 4.38 Å². The summed E-state index contributed by atoms with van der Waals surface area (Å²) in [4.78, 5) is 11.4. The second-order valence-electron chi connectivity index (χ2n) is 3.36. The van der Waals surface area contributed by atoms with Crippen LogP contribution in [-0.2, 0) is 19.0 Å². The molecule has 4 nitrogen and oxygen atoms in total. The summed E-state index contributed by atoms with van der Waals surface area (Å²) in [6.07, 6.45) is 0.420. The first-order chi connectivity index (χ1) is 7.69. The molecule has 0 radical (unpaired) electrons. The molecule has 1 saturated heterocycles. The predicted octanol–water partition coefficient (Wildman–Crippen LogP) is 1.62. The highest BCUT2D eigenvalue weighted by molar-refractivity contribution is 8.22. The summed E-state index contributed by atoms with van der Waals surface area (Å²) >= 11 is 6.46. The Bertz CT molecular complexity index is 257. The van der Waals surface area contributed by atoms with Gasteiger partial charge in [-0.05, 0) is 25.6 Å². The molecule has 1 heterocycles. The molecule has 0 aromatic heterocycles. The van der Waals surface area contributed by atoms with Crippen molar-refractivity contribution >= 4 is 34.3 Å². The Morgan fingerprint density at radius 1 is 1.62 bits per heavy atom. The quantitative estimate of drug-likeness (QED) is 0.568. The number of hydrogen-bond donors (Lipinski definition) is 0. The van der Waals surface area contributed by atoms with Crippen molar-refractivity contribution in [3.05, 3.63) is 0 Å². The van der Waals surface area contributed by atoms with E-state index in [1.165, 1.54) is 18.9 Å². The van der Waals surface area contributed by atoms with Gasteiger partial charge in [0.15, 0.2) is 6.10 Å². The molecule has 6 heteroatoms. The van der Waals surface area contributed by atoms with Gasteiger partial charge in [0.05, 0.1) is 13.7 Å². The molecular formula is C10H16O4S2. The van der Waals surface area contributed by atoms with Crippen LogP contribution < -0.4 is 0 Å². The van der Waals surface area contributed by atoms with Crippen LogP contribution in [0.4, 0.5) is 0 Å². The molecule has 0 N–H and O–H groups in total. The van der Waals surface area contributed by atoms with Gasteiger partial charge in [0, 0.05) is 18.3 Å². The van der Waals surface area contributed by atoms with Crippen molar-refractivity contribution in [1.29, 1.82) is 0 Å². The lowest BCUT2D eigenvalue weighted by Gasteiger charge is -2.15. The zero-order valence-corrected chi connectivity index (χ0v) is 11.1. The van der Waals surface area contributed by atoms with E-state index in [0.29, 0.717) is 17.6 Å². The maximum absolute atomic E-state index is 11.4. The lowest BCUT2D eigenvalue weighted by Crippen LogP contribution is -2.29. The monoisotopic (exact) mass is 264 g/mol. The van der Waals surface area contributed by atoms with Crippen molar-refractivity contribution in [2.75, 3.05) is 26.1 Å². The molecule has 0 aliphatic carbocycles. The molecule has 92 valence electrons. The normalized spacial score (nSPS) is 24.1. The van der Waals surface area contributed by atoms with Gasteiger partial charge in [-0.1, -0.05) is 11.8 Å². The molecule has 0 bridgehead atoms. The van der Waals surface area contributed by atoms with E-state index in [0.717, 1.165) is 12.2 Å². The molecule has 0 aromatic rings. The summed E-state index contributed by atoms with van der Waals surface area (Å²) in [5.41, 5.74) is 0. The van der Waals surface area contributed by atoms with Crippen molar-refractivity contribution in [2.24, 2.45) is 5.92 Å². The Morgan fingerprint density at radius 3 is 3.00 bits per heavy atom. The number of carbonyl (C=O) groups excluding carboxylic acids is 1. The van der Waals surface area contributed by atoms with Gasteiger partial charge in [-0.25, -0.2) is 4.79 Å². The molecule has 1 aliphatic rings. The second kappa shape index (κ2) is 7.09. The number of esters is 1. The first kappa shape index (κ1) is 13.7. The van der Waals surface area contributed by atoms with Crippen LogP contribution in [-0.4, -0.2) is 42.5 Å². The molecule has 0 saturated carbocycles. The molecule has 0 unspecified atom stereocenters. The summed E-state index contributed by atoms with van der Waals surface area (Å²) in [6.45, 7) is 3.07. The number of thiocarbonyl (C=S) groups is 1. The number of carbonyl (C=O) groups is 1. The second-order valence-corrected chi connectivity index (χ2v) is 4.98. The van der Waals surface area contributed by atoms with Gasteiger partial charge in [-0.3, -0.25) is 0 Å². The molecule has 1 fully saturated rings. The summed E-state index contributed by atoms with van der Waals surface area (Å²) < 4.78 is 15.7. The van der Waals surface area contributed by atoms with Gasteiger partial charge in [-0.2, -0.15) is 0 Å². The van der Waals surface area contributed by atoms with Crippen LogP contribution in [0.3, 0.4) is 0 Å². The minimum Gasteiger partial charge on any atom is -0.479 e. The first-order valence-corrected chi connectivity index (χ1v) is 6.57. The lowest BCUT2D eigenvalue weighted by molar-refractivity contribution is -0.152. The summed E-state index contributed by atoms with van der Waals surface area (Å²) in [5, 5.41) is 0. The topological polar surface area (TPSA) is 44.8 Å². The first-order valence-electron chi connectivity index (χ1n) is 5.18. The molecule has 0 aromatic carbocycles.